The fourth-order valence-corrected chi connectivity index (χ4v) is 2.57. The molecule has 0 bridgehead atoms. The van der Waals surface area contributed by atoms with Crippen molar-refractivity contribution in [3.05, 3.63) is 72.2 Å². The van der Waals surface area contributed by atoms with Crippen LogP contribution in [0.5, 0.6) is 0 Å². The highest BCUT2D eigenvalue weighted by molar-refractivity contribution is 5.78. The number of aryl methyl sites for hydroxylation is 2. The predicted molar refractivity (Wildman–Crippen MR) is 79.8 cm³/mol. The van der Waals surface area contributed by atoms with Crippen LogP contribution in [-0.2, 0) is 12.8 Å². The van der Waals surface area contributed by atoms with Gasteiger partial charge >= 0.3 is 0 Å². The number of furan rings is 2. The predicted octanol–water partition coefficient (Wildman–Crippen LogP) is 4.96. The van der Waals surface area contributed by atoms with Crippen molar-refractivity contribution >= 4 is 21.9 Å². The van der Waals surface area contributed by atoms with Crippen molar-refractivity contribution in [1.82, 2.24) is 0 Å². The van der Waals surface area contributed by atoms with E-state index in [1.807, 2.05) is 36.4 Å². The summed E-state index contributed by atoms with van der Waals surface area (Å²) in [6.45, 7) is 0. The quantitative estimate of drug-likeness (QED) is 0.521. The van der Waals surface area contributed by atoms with Gasteiger partial charge in [-0.2, -0.15) is 0 Å². The first-order chi connectivity index (χ1) is 9.88. The molecule has 0 fully saturated rings. The third-order valence-corrected chi connectivity index (χ3v) is 3.57. The van der Waals surface area contributed by atoms with E-state index in [4.69, 9.17) is 8.83 Å². The molecule has 4 rings (SSSR count). The molecule has 0 aliphatic heterocycles. The van der Waals surface area contributed by atoms with Crippen molar-refractivity contribution in [2.75, 3.05) is 0 Å². The molecule has 2 heteroatoms. The van der Waals surface area contributed by atoms with Crippen molar-refractivity contribution in [2.24, 2.45) is 0 Å². The minimum absolute atomic E-state index is 0.856. The zero-order valence-corrected chi connectivity index (χ0v) is 11.0. The fraction of sp³-hybridized carbons (Fsp3) is 0.111. The molecule has 0 radical (unpaired) electrons. The second-order valence-corrected chi connectivity index (χ2v) is 5.00. The smallest absolute Gasteiger partial charge is 0.134 e. The Kier molecular flexibility index (Phi) is 2.59. The average molecular weight is 262 g/mol. The van der Waals surface area contributed by atoms with Gasteiger partial charge in [-0.25, -0.2) is 0 Å². The maximum Gasteiger partial charge on any atom is 0.134 e. The normalized spacial score (nSPS) is 11.4. The van der Waals surface area contributed by atoms with Gasteiger partial charge in [-0.05, 0) is 24.3 Å². The maximum absolute atomic E-state index is 5.82. The summed E-state index contributed by atoms with van der Waals surface area (Å²) in [5.41, 5.74) is 1.90. The first-order valence-corrected chi connectivity index (χ1v) is 6.83. The summed E-state index contributed by atoms with van der Waals surface area (Å²) < 4.78 is 11.6. The monoisotopic (exact) mass is 262 g/mol. The van der Waals surface area contributed by atoms with Gasteiger partial charge in [0.15, 0.2) is 0 Å². The van der Waals surface area contributed by atoms with Gasteiger partial charge in [0.1, 0.15) is 22.7 Å². The Bertz CT molecular complexity index is 727. The number of hydrogen-bond acceptors (Lipinski definition) is 2. The molecule has 0 aliphatic carbocycles. The molecule has 2 heterocycles. The van der Waals surface area contributed by atoms with Crippen LogP contribution in [0.3, 0.4) is 0 Å². The second kappa shape index (κ2) is 4.57. The molecular weight excluding hydrogens is 248 g/mol. The summed E-state index contributed by atoms with van der Waals surface area (Å²) in [7, 11) is 0. The molecular formula is C18H14O2. The molecule has 0 amide bonds. The summed E-state index contributed by atoms with van der Waals surface area (Å²) in [5, 5.41) is 2.32. The molecule has 20 heavy (non-hydrogen) atoms. The Hall–Kier alpha value is -2.48. The van der Waals surface area contributed by atoms with Crippen LogP contribution in [0.25, 0.3) is 21.9 Å². The largest absolute Gasteiger partial charge is 0.461 e. The van der Waals surface area contributed by atoms with Crippen LogP contribution in [0.1, 0.15) is 11.5 Å². The van der Waals surface area contributed by atoms with Crippen LogP contribution in [0.15, 0.2) is 69.5 Å². The minimum Gasteiger partial charge on any atom is -0.461 e. The fourth-order valence-electron chi connectivity index (χ4n) is 2.57. The van der Waals surface area contributed by atoms with E-state index in [2.05, 4.69) is 24.3 Å². The van der Waals surface area contributed by atoms with Crippen LogP contribution in [0, 0.1) is 0 Å². The number of para-hydroxylation sites is 2. The molecule has 0 unspecified atom stereocenters. The van der Waals surface area contributed by atoms with Crippen LogP contribution >= 0.6 is 0 Å². The van der Waals surface area contributed by atoms with Crippen LogP contribution in [0.2, 0.25) is 0 Å². The lowest BCUT2D eigenvalue weighted by atomic mass is 10.2. The van der Waals surface area contributed by atoms with Gasteiger partial charge < -0.3 is 8.83 Å². The Balaban J connectivity index is 1.57. The standard InChI is InChI=1S/C18H14O2/c1-3-7-17-13(5-1)11-15(19-17)9-10-16-12-14-6-2-4-8-18(14)20-16/h1-8,11-12H,9-10H2. The lowest BCUT2D eigenvalue weighted by Gasteiger charge is -1.93. The summed E-state index contributed by atoms with van der Waals surface area (Å²) in [4.78, 5) is 0. The van der Waals surface area contributed by atoms with Crippen LogP contribution in [-0.4, -0.2) is 0 Å². The summed E-state index contributed by atoms with van der Waals surface area (Å²) >= 11 is 0. The number of benzene rings is 2. The van der Waals surface area contributed by atoms with E-state index >= 15 is 0 Å². The number of hydrogen-bond donors (Lipinski definition) is 0. The minimum atomic E-state index is 0.856. The highest BCUT2D eigenvalue weighted by Crippen LogP contribution is 2.22. The Morgan fingerprint density at radius 2 is 1.05 bits per heavy atom. The van der Waals surface area contributed by atoms with Crippen molar-refractivity contribution in [3.63, 3.8) is 0 Å². The average Bonchev–Trinajstić information content (AvgIpc) is 3.07. The van der Waals surface area contributed by atoms with E-state index in [0.717, 1.165) is 46.3 Å². The van der Waals surface area contributed by atoms with Gasteiger partial charge in [-0.3, -0.25) is 0 Å². The molecule has 0 saturated carbocycles. The summed E-state index contributed by atoms with van der Waals surface area (Å²) in [6.07, 6.45) is 1.71. The highest BCUT2D eigenvalue weighted by atomic mass is 16.3. The van der Waals surface area contributed by atoms with E-state index in [1.165, 1.54) is 0 Å². The molecule has 0 atom stereocenters. The van der Waals surface area contributed by atoms with Gasteiger partial charge in [-0.15, -0.1) is 0 Å². The molecule has 2 aromatic heterocycles. The molecule has 0 N–H and O–H groups in total. The third-order valence-electron chi connectivity index (χ3n) is 3.57. The summed E-state index contributed by atoms with van der Waals surface area (Å²) in [6, 6.07) is 20.4. The molecule has 2 nitrogen and oxygen atoms in total. The van der Waals surface area contributed by atoms with Crippen molar-refractivity contribution in [3.8, 4) is 0 Å². The molecule has 98 valence electrons. The van der Waals surface area contributed by atoms with Crippen molar-refractivity contribution < 1.29 is 8.83 Å². The van der Waals surface area contributed by atoms with Gasteiger partial charge in [0.05, 0.1) is 0 Å². The van der Waals surface area contributed by atoms with E-state index in [9.17, 15) is 0 Å². The lowest BCUT2D eigenvalue weighted by molar-refractivity contribution is 0.510. The lowest BCUT2D eigenvalue weighted by Crippen LogP contribution is -1.86. The first kappa shape index (κ1) is 11.4. The van der Waals surface area contributed by atoms with Crippen molar-refractivity contribution in [2.45, 2.75) is 12.8 Å². The highest BCUT2D eigenvalue weighted by Gasteiger charge is 2.06. The molecule has 4 aromatic rings. The Morgan fingerprint density at radius 1 is 0.600 bits per heavy atom. The third kappa shape index (κ3) is 1.99. The van der Waals surface area contributed by atoms with E-state index in [-0.39, 0.29) is 0 Å². The second-order valence-electron chi connectivity index (χ2n) is 5.00. The van der Waals surface area contributed by atoms with E-state index < -0.39 is 0 Å². The van der Waals surface area contributed by atoms with Gasteiger partial charge in [0.2, 0.25) is 0 Å². The Labute approximate surface area is 116 Å². The SMILES string of the molecule is c1ccc2oc(CCc3cc4ccccc4o3)cc2c1. The van der Waals surface area contributed by atoms with Crippen LogP contribution < -0.4 is 0 Å². The van der Waals surface area contributed by atoms with E-state index in [1.54, 1.807) is 0 Å². The van der Waals surface area contributed by atoms with Gasteiger partial charge in [0.25, 0.3) is 0 Å². The first-order valence-electron chi connectivity index (χ1n) is 6.83. The zero-order chi connectivity index (χ0) is 13.4. The summed E-state index contributed by atoms with van der Waals surface area (Å²) in [5.74, 6) is 2.01. The molecule has 0 spiro atoms. The maximum atomic E-state index is 5.82. The number of fused-ring (bicyclic) bond motifs is 2. The van der Waals surface area contributed by atoms with Gasteiger partial charge in [0, 0.05) is 23.6 Å². The van der Waals surface area contributed by atoms with Crippen LogP contribution in [0.4, 0.5) is 0 Å². The van der Waals surface area contributed by atoms with E-state index in [0.29, 0.717) is 0 Å². The molecule has 2 aromatic carbocycles. The van der Waals surface area contributed by atoms with Crippen molar-refractivity contribution in [1.29, 1.82) is 0 Å². The zero-order valence-electron chi connectivity index (χ0n) is 11.0. The number of rotatable bonds is 3. The topological polar surface area (TPSA) is 26.3 Å². The Morgan fingerprint density at radius 3 is 1.50 bits per heavy atom. The molecule has 0 aliphatic rings. The van der Waals surface area contributed by atoms with Gasteiger partial charge in [-0.1, -0.05) is 36.4 Å². The molecule has 0 saturated heterocycles.